The molecule has 4 aromatic carbocycles. The highest BCUT2D eigenvalue weighted by Crippen LogP contribution is 2.29. The molecule has 4 rings (SSSR count). The molecule has 4 aromatic rings. The van der Waals surface area contributed by atoms with E-state index in [9.17, 15) is 9.59 Å². The Balaban J connectivity index is 1.37. The maximum Gasteiger partial charge on any atom is 0.347 e. The molecule has 0 amide bonds. The second kappa shape index (κ2) is 18.2. The van der Waals surface area contributed by atoms with Gasteiger partial charge in [0.25, 0.3) is 0 Å². The smallest absolute Gasteiger partial charge is 0.347 e. The van der Waals surface area contributed by atoms with E-state index in [0.717, 1.165) is 56.1 Å². The molecule has 8 heteroatoms. The molecule has 0 aliphatic rings. The second-order valence-corrected chi connectivity index (χ2v) is 10.8. The zero-order chi connectivity index (χ0) is 32.6. The highest BCUT2D eigenvalue weighted by molar-refractivity contribution is 5.94. The molecule has 0 heterocycles. The lowest BCUT2D eigenvalue weighted by atomic mass is 10.1. The lowest BCUT2D eigenvalue weighted by molar-refractivity contribution is 0.0722. The van der Waals surface area contributed by atoms with Gasteiger partial charge in [0.15, 0.2) is 0 Å². The van der Waals surface area contributed by atoms with Crippen molar-refractivity contribution >= 4 is 11.9 Å². The number of nitrogens with two attached hydrogens (primary N) is 1. The largest absolute Gasteiger partial charge is 0.497 e. The van der Waals surface area contributed by atoms with Gasteiger partial charge in [-0.05, 0) is 97.6 Å². The number of carbonyl (C=O) groups excluding carboxylic acids is 2. The predicted octanol–water partition coefficient (Wildman–Crippen LogP) is 8.27. The van der Waals surface area contributed by atoms with Crippen LogP contribution in [-0.4, -0.2) is 38.8 Å². The van der Waals surface area contributed by atoms with Crippen molar-refractivity contribution in [3.05, 3.63) is 102 Å². The first-order valence-corrected chi connectivity index (χ1v) is 15.9. The van der Waals surface area contributed by atoms with Crippen LogP contribution in [0.4, 0.5) is 0 Å². The van der Waals surface area contributed by atoms with Gasteiger partial charge in [0.05, 0.1) is 25.9 Å². The molecule has 0 saturated carbocycles. The summed E-state index contributed by atoms with van der Waals surface area (Å²) in [6.07, 6.45) is 7.09. The summed E-state index contributed by atoms with van der Waals surface area (Å²) in [4.78, 5) is 25.7. The number of carbonyl (C=O) groups is 2. The third-order valence-electron chi connectivity index (χ3n) is 7.33. The zero-order valence-electron chi connectivity index (χ0n) is 26.7. The van der Waals surface area contributed by atoms with Crippen LogP contribution in [0.2, 0.25) is 0 Å². The van der Waals surface area contributed by atoms with Gasteiger partial charge in [0, 0.05) is 6.07 Å². The molecule has 242 valence electrons. The van der Waals surface area contributed by atoms with Crippen LogP contribution in [0.15, 0.2) is 91.0 Å². The third kappa shape index (κ3) is 10.4. The molecule has 0 aromatic heterocycles. The van der Waals surface area contributed by atoms with E-state index in [2.05, 4.69) is 6.92 Å². The van der Waals surface area contributed by atoms with Gasteiger partial charge in [0.2, 0.25) is 0 Å². The number of benzene rings is 4. The van der Waals surface area contributed by atoms with Crippen LogP contribution in [-0.2, 0) is 0 Å². The summed E-state index contributed by atoms with van der Waals surface area (Å²) < 4.78 is 28.3. The first-order chi connectivity index (χ1) is 22.5. The van der Waals surface area contributed by atoms with Gasteiger partial charge in [-0.25, -0.2) is 9.59 Å². The minimum Gasteiger partial charge on any atom is -0.497 e. The van der Waals surface area contributed by atoms with Crippen LogP contribution in [0.5, 0.6) is 28.7 Å². The van der Waals surface area contributed by atoms with Crippen LogP contribution in [0.3, 0.4) is 0 Å². The Morgan fingerprint density at radius 1 is 0.587 bits per heavy atom. The fourth-order valence-corrected chi connectivity index (χ4v) is 4.69. The summed E-state index contributed by atoms with van der Waals surface area (Å²) >= 11 is 0. The Hall–Kier alpha value is -4.82. The second-order valence-electron chi connectivity index (χ2n) is 10.8. The van der Waals surface area contributed by atoms with E-state index >= 15 is 0 Å². The van der Waals surface area contributed by atoms with Gasteiger partial charge < -0.3 is 29.4 Å². The van der Waals surface area contributed by atoms with Crippen molar-refractivity contribution in [3.63, 3.8) is 0 Å². The Morgan fingerprint density at radius 2 is 1.13 bits per heavy atom. The normalized spacial score (nSPS) is 10.7. The fraction of sp³-hybridized carbons (Fsp3) is 0.316. The van der Waals surface area contributed by atoms with E-state index in [1.165, 1.54) is 0 Å². The van der Waals surface area contributed by atoms with Gasteiger partial charge in [0.1, 0.15) is 34.3 Å². The highest BCUT2D eigenvalue weighted by Gasteiger charge is 2.17. The van der Waals surface area contributed by atoms with Crippen molar-refractivity contribution in [1.82, 2.24) is 0 Å². The van der Waals surface area contributed by atoms with E-state index < -0.39 is 11.9 Å². The van der Waals surface area contributed by atoms with Gasteiger partial charge >= 0.3 is 11.9 Å². The van der Waals surface area contributed by atoms with Crippen molar-refractivity contribution in [2.75, 3.05) is 26.9 Å². The number of hydrogen-bond donors (Lipinski definition) is 1. The van der Waals surface area contributed by atoms with Crippen molar-refractivity contribution in [2.24, 2.45) is 5.73 Å². The van der Waals surface area contributed by atoms with Gasteiger partial charge in [-0.1, -0.05) is 56.9 Å². The van der Waals surface area contributed by atoms with Crippen LogP contribution >= 0.6 is 0 Å². The van der Waals surface area contributed by atoms with Gasteiger partial charge in [-0.3, -0.25) is 0 Å². The molecule has 0 atom stereocenters. The molecule has 0 radical (unpaired) electrons. The van der Waals surface area contributed by atoms with Crippen LogP contribution in [0.25, 0.3) is 11.1 Å². The predicted molar refractivity (Wildman–Crippen MR) is 179 cm³/mol. The summed E-state index contributed by atoms with van der Waals surface area (Å²) in [6, 6.07) is 26.4. The third-order valence-corrected chi connectivity index (χ3v) is 7.33. The molecule has 0 aliphatic carbocycles. The number of methoxy groups -OCH3 is 1. The average Bonchev–Trinajstić information content (AvgIpc) is 3.09. The first-order valence-electron chi connectivity index (χ1n) is 15.9. The topological polar surface area (TPSA) is 106 Å². The minimum absolute atomic E-state index is 0.340. The average molecular weight is 626 g/mol. The molecule has 0 aliphatic heterocycles. The quantitative estimate of drug-likeness (QED) is 0.0669. The molecular weight excluding hydrogens is 582 g/mol. The monoisotopic (exact) mass is 625 g/mol. The lowest BCUT2D eigenvalue weighted by Crippen LogP contribution is -2.12. The molecule has 46 heavy (non-hydrogen) atoms. The van der Waals surface area contributed by atoms with Crippen LogP contribution in [0, 0.1) is 0 Å². The van der Waals surface area contributed by atoms with Crippen LogP contribution < -0.4 is 29.4 Å². The number of esters is 2. The standard InChI is InChI=1S/C38H43NO7/c1-3-4-8-25-43-34-22-23-35(36(27-34)44-26-9-6-5-7-24-39)38(41)46-33-20-12-29(13-21-33)28-10-18-32(19-11-28)45-37(40)30-14-16-31(42-2)17-15-30/h10-23,27H,3-9,24-26,39H2,1-2H3. The molecule has 0 unspecified atom stereocenters. The number of hydrogen-bond acceptors (Lipinski definition) is 8. The van der Waals surface area contributed by atoms with E-state index in [1.54, 1.807) is 73.8 Å². The molecule has 0 bridgehead atoms. The summed E-state index contributed by atoms with van der Waals surface area (Å²) in [5.41, 5.74) is 8.19. The maximum absolute atomic E-state index is 13.2. The zero-order valence-corrected chi connectivity index (χ0v) is 26.7. The van der Waals surface area contributed by atoms with Crippen molar-refractivity contribution in [2.45, 2.75) is 51.9 Å². The minimum atomic E-state index is -0.508. The van der Waals surface area contributed by atoms with Crippen molar-refractivity contribution in [1.29, 1.82) is 0 Å². The number of unbranched alkanes of at least 4 members (excludes halogenated alkanes) is 5. The van der Waals surface area contributed by atoms with Crippen molar-refractivity contribution in [3.8, 4) is 39.9 Å². The van der Waals surface area contributed by atoms with E-state index in [-0.39, 0.29) is 0 Å². The van der Waals surface area contributed by atoms with Crippen LogP contribution in [0.1, 0.15) is 72.6 Å². The fourth-order valence-electron chi connectivity index (χ4n) is 4.69. The van der Waals surface area contributed by atoms with E-state index in [1.807, 2.05) is 24.3 Å². The molecule has 0 saturated heterocycles. The molecule has 2 N–H and O–H groups in total. The van der Waals surface area contributed by atoms with Crippen molar-refractivity contribution < 1.29 is 33.3 Å². The Bertz CT molecular complexity index is 1520. The maximum atomic E-state index is 13.2. The van der Waals surface area contributed by atoms with Gasteiger partial charge in [-0.15, -0.1) is 0 Å². The van der Waals surface area contributed by atoms with E-state index in [0.29, 0.717) is 59.6 Å². The lowest BCUT2D eigenvalue weighted by Gasteiger charge is -2.14. The molecule has 8 nitrogen and oxygen atoms in total. The number of rotatable bonds is 18. The number of ether oxygens (including phenoxy) is 5. The highest BCUT2D eigenvalue weighted by atomic mass is 16.5. The SMILES string of the molecule is CCCCCOc1ccc(C(=O)Oc2ccc(-c3ccc(OC(=O)c4ccc(OC)cc4)cc3)cc2)c(OCCCCCCN)c1. The van der Waals surface area contributed by atoms with Gasteiger partial charge in [-0.2, -0.15) is 0 Å². The van der Waals surface area contributed by atoms with E-state index in [4.69, 9.17) is 29.4 Å². The first kappa shape index (κ1) is 34.1. The summed E-state index contributed by atoms with van der Waals surface area (Å²) in [5, 5.41) is 0. The summed E-state index contributed by atoms with van der Waals surface area (Å²) in [7, 11) is 1.57. The molecular formula is C38H43NO7. The summed E-state index contributed by atoms with van der Waals surface area (Å²) in [6.45, 7) is 3.93. The Kier molecular flexibility index (Phi) is 13.5. The Labute approximate surface area is 271 Å². The Morgan fingerprint density at radius 3 is 1.74 bits per heavy atom. The molecule has 0 spiro atoms. The molecule has 0 fully saturated rings. The summed E-state index contributed by atoms with van der Waals surface area (Å²) in [5.74, 6) is 1.65.